The Morgan fingerprint density at radius 1 is 1.10 bits per heavy atom. The third-order valence-electron chi connectivity index (χ3n) is 3.17. The van der Waals surface area contributed by atoms with E-state index in [1.807, 2.05) is 60.7 Å². The summed E-state index contributed by atoms with van der Waals surface area (Å²) in [7, 11) is 1.90. The van der Waals surface area contributed by atoms with Crippen molar-refractivity contribution in [2.45, 2.75) is 6.54 Å². The zero-order valence-electron chi connectivity index (χ0n) is 11.3. The summed E-state index contributed by atoms with van der Waals surface area (Å²) in [6.45, 7) is 0.669. The van der Waals surface area contributed by atoms with Crippen LogP contribution < -0.4 is 5.32 Å². The molecule has 3 rings (SSSR count). The van der Waals surface area contributed by atoms with E-state index in [0.29, 0.717) is 6.54 Å². The molecule has 2 aromatic heterocycles. The van der Waals surface area contributed by atoms with Crippen molar-refractivity contribution in [1.82, 2.24) is 14.8 Å². The van der Waals surface area contributed by atoms with Gasteiger partial charge in [0, 0.05) is 30.7 Å². The number of aromatic nitrogens is 3. The Kier molecular flexibility index (Phi) is 3.46. The first kappa shape index (κ1) is 12.4. The summed E-state index contributed by atoms with van der Waals surface area (Å²) in [5.74, 6) is 0. The summed E-state index contributed by atoms with van der Waals surface area (Å²) in [6.07, 6.45) is 5.74. The minimum absolute atomic E-state index is 0.669. The van der Waals surface area contributed by atoms with Gasteiger partial charge in [-0.15, -0.1) is 0 Å². The Bertz CT molecular complexity index is 688. The fraction of sp³-hybridized carbons (Fsp3) is 0.125. The van der Waals surface area contributed by atoms with Gasteiger partial charge in [-0.1, -0.05) is 30.3 Å². The largest absolute Gasteiger partial charge is 0.388 e. The molecule has 0 fully saturated rings. The first-order valence-corrected chi connectivity index (χ1v) is 6.56. The second-order valence-electron chi connectivity index (χ2n) is 4.58. The maximum absolute atomic E-state index is 4.40. The standard InChI is InChI=1S/C16H16N4/c1-17-15-7-8-18-16(9-15)12-20-11-14(10-19-20)13-5-3-2-4-6-13/h2-11H,12H2,1H3,(H,17,18). The molecule has 100 valence electrons. The highest BCUT2D eigenvalue weighted by molar-refractivity contribution is 5.61. The van der Waals surface area contributed by atoms with Gasteiger partial charge in [-0.3, -0.25) is 9.67 Å². The summed E-state index contributed by atoms with van der Waals surface area (Å²) in [5, 5.41) is 7.51. The number of benzene rings is 1. The van der Waals surface area contributed by atoms with E-state index in [0.717, 1.165) is 16.9 Å². The highest BCUT2D eigenvalue weighted by atomic mass is 15.3. The molecule has 20 heavy (non-hydrogen) atoms. The van der Waals surface area contributed by atoms with Gasteiger partial charge in [-0.2, -0.15) is 5.10 Å². The van der Waals surface area contributed by atoms with Gasteiger partial charge in [0.15, 0.2) is 0 Å². The molecule has 0 radical (unpaired) electrons. The summed E-state index contributed by atoms with van der Waals surface area (Å²) in [5.41, 5.74) is 4.34. The molecule has 0 aliphatic rings. The van der Waals surface area contributed by atoms with E-state index in [1.54, 1.807) is 0 Å². The molecule has 0 aliphatic heterocycles. The van der Waals surface area contributed by atoms with Crippen LogP contribution in [0.4, 0.5) is 5.69 Å². The van der Waals surface area contributed by atoms with Crippen molar-refractivity contribution in [3.05, 3.63) is 66.7 Å². The van der Waals surface area contributed by atoms with Gasteiger partial charge >= 0.3 is 0 Å². The molecular weight excluding hydrogens is 248 g/mol. The molecule has 0 unspecified atom stereocenters. The molecule has 1 aromatic carbocycles. The van der Waals surface area contributed by atoms with Crippen molar-refractivity contribution < 1.29 is 0 Å². The van der Waals surface area contributed by atoms with E-state index in [9.17, 15) is 0 Å². The number of hydrogen-bond acceptors (Lipinski definition) is 3. The smallest absolute Gasteiger partial charge is 0.0832 e. The second-order valence-corrected chi connectivity index (χ2v) is 4.58. The number of pyridine rings is 1. The quantitative estimate of drug-likeness (QED) is 0.787. The Morgan fingerprint density at radius 2 is 1.95 bits per heavy atom. The second kappa shape index (κ2) is 5.57. The molecule has 4 nitrogen and oxygen atoms in total. The average Bonchev–Trinajstić information content (AvgIpc) is 2.97. The van der Waals surface area contributed by atoms with Crippen molar-refractivity contribution in [3.63, 3.8) is 0 Å². The molecular formula is C16H16N4. The lowest BCUT2D eigenvalue weighted by molar-refractivity contribution is 0.673. The maximum Gasteiger partial charge on any atom is 0.0832 e. The topological polar surface area (TPSA) is 42.7 Å². The van der Waals surface area contributed by atoms with E-state index in [4.69, 9.17) is 0 Å². The lowest BCUT2D eigenvalue weighted by Crippen LogP contribution is -2.02. The molecule has 0 spiro atoms. The molecule has 0 saturated carbocycles. The number of nitrogens with zero attached hydrogens (tertiary/aromatic N) is 3. The molecule has 0 aliphatic carbocycles. The lowest BCUT2D eigenvalue weighted by Gasteiger charge is -2.04. The van der Waals surface area contributed by atoms with Gasteiger partial charge in [0.05, 0.1) is 18.4 Å². The number of anilines is 1. The van der Waals surface area contributed by atoms with Crippen LogP contribution >= 0.6 is 0 Å². The van der Waals surface area contributed by atoms with E-state index in [2.05, 4.69) is 27.5 Å². The minimum atomic E-state index is 0.669. The van der Waals surface area contributed by atoms with Gasteiger partial charge < -0.3 is 5.32 Å². The van der Waals surface area contributed by atoms with Gasteiger partial charge in [-0.25, -0.2) is 0 Å². The van der Waals surface area contributed by atoms with Crippen LogP contribution in [0.25, 0.3) is 11.1 Å². The van der Waals surface area contributed by atoms with E-state index in [1.165, 1.54) is 5.56 Å². The van der Waals surface area contributed by atoms with Crippen molar-refractivity contribution in [2.75, 3.05) is 12.4 Å². The molecule has 2 heterocycles. The van der Waals surface area contributed by atoms with Crippen LogP contribution in [0, 0.1) is 0 Å². The summed E-state index contributed by atoms with van der Waals surface area (Å²) in [4.78, 5) is 4.36. The number of nitrogens with one attached hydrogen (secondary N) is 1. The van der Waals surface area contributed by atoms with E-state index < -0.39 is 0 Å². The zero-order chi connectivity index (χ0) is 13.8. The predicted octanol–water partition coefficient (Wildman–Crippen LogP) is 3.04. The van der Waals surface area contributed by atoms with Crippen molar-refractivity contribution in [2.24, 2.45) is 0 Å². The number of hydrogen-bond donors (Lipinski definition) is 1. The van der Waals surface area contributed by atoms with Gasteiger partial charge in [0.1, 0.15) is 0 Å². The van der Waals surface area contributed by atoms with Gasteiger partial charge in [0.25, 0.3) is 0 Å². The normalized spacial score (nSPS) is 10.4. The Balaban J connectivity index is 1.80. The van der Waals surface area contributed by atoms with Gasteiger partial charge in [-0.05, 0) is 17.7 Å². The lowest BCUT2D eigenvalue weighted by atomic mass is 10.1. The van der Waals surface area contributed by atoms with Gasteiger partial charge in [0.2, 0.25) is 0 Å². The van der Waals surface area contributed by atoms with Crippen LogP contribution in [0.3, 0.4) is 0 Å². The molecule has 0 saturated heterocycles. The monoisotopic (exact) mass is 264 g/mol. The van der Waals surface area contributed by atoms with Crippen LogP contribution in [0.15, 0.2) is 61.1 Å². The fourth-order valence-corrected chi connectivity index (χ4v) is 2.12. The zero-order valence-corrected chi connectivity index (χ0v) is 11.3. The van der Waals surface area contributed by atoms with Crippen LogP contribution in [0.5, 0.6) is 0 Å². The fourth-order valence-electron chi connectivity index (χ4n) is 2.12. The van der Waals surface area contributed by atoms with Crippen LogP contribution in [-0.2, 0) is 6.54 Å². The maximum atomic E-state index is 4.40. The Labute approximate surface area is 118 Å². The third kappa shape index (κ3) is 2.69. The van der Waals surface area contributed by atoms with Crippen molar-refractivity contribution >= 4 is 5.69 Å². The first-order valence-electron chi connectivity index (χ1n) is 6.56. The van der Waals surface area contributed by atoms with Crippen LogP contribution in [0.1, 0.15) is 5.69 Å². The minimum Gasteiger partial charge on any atom is -0.388 e. The van der Waals surface area contributed by atoms with Crippen LogP contribution in [0.2, 0.25) is 0 Å². The predicted molar refractivity (Wildman–Crippen MR) is 80.5 cm³/mol. The molecule has 0 amide bonds. The SMILES string of the molecule is CNc1ccnc(Cn2cc(-c3ccccc3)cn2)c1. The summed E-state index contributed by atoms with van der Waals surface area (Å²) in [6, 6.07) is 14.2. The molecule has 0 atom stereocenters. The highest BCUT2D eigenvalue weighted by Crippen LogP contribution is 2.18. The third-order valence-corrected chi connectivity index (χ3v) is 3.17. The summed E-state index contributed by atoms with van der Waals surface area (Å²) < 4.78 is 1.91. The average molecular weight is 264 g/mol. The van der Waals surface area contributed by atoms with Crippen molar-refractivity contribution in [1.29, 1.82) is 0 Å². The van der Waals surface area contributed by atoms with E-state index in [-0.39, 0.29) is 0 Å². The highest BCUT2D eigenvalue weighted by Gasteiger charge is 2.03. The van der Waals surface area contributed by atoms with E-state index >= 15 is 0 Å². The Hall–Kier alpha value is -2.62. The Morgan fingerprint density at radius 3 is 2.75 bits per heavy atom. The van der Waals surface area contributed by atoms with Crippen LogP contribution in [-0.4, -0.2) is 21.8 Å². The van der Waals surface area contributed by atoms with Crippen molar-refractivity contribution in [3.8, 4) is 11.1 Å². The number of rotatable bonds is 4. The molecule has 1 N–H and O–H groups in total. The molecule has 3 aromatic rings. The summed E-state index contributed by atoms with van der Waals surface area (Å²) >= 11 is 0. The molecule has 0 bridgehead atoms. The first-order chi connectivity index (χ1) is 9.85. The molecule has 4 heteroatoms.